The average Bonchev–Trinajstić information content (AvgIpc) is 2.48. The third-order valence-electron chi connectivity index (χ3n) is 1.51. The Bertz CT molecular complexity index is 236. The third-order valence-corrected chi connectivity index (χ3v) is 1.51. The summed E-state index contributed by atoms with van der Waals surface area (Å²) in [6.45, 7) is 1.77. The third kappa shape index (κ3) is 2.27. The van der Waals surface area contributed by atoms with Gasteiger partial charge in [0.05, 0.1) is 19.0 Å². The first-order chi connectivity index (χ1) is 5.74. The molecule has 1 unspecified atom stereocenters. The summed E-state index contributed by atoms with van der Waals surface area (Å²) in [5.41, 5.74) is 0.522. The molecule has 1 aromatic rings. The number of aryl methyl sites for hydroxylation is 1. The van der Waals surface area contributed by atoms with Gasteiger partial charge in [0.1, 0.15) is 5.69 Å². The van der Waals surface area contributed by atoms with Gasteiger partial charge in [-0.3, -0.25) is 9.07 Å². The summed E-state index contributed by atoms with van der Waals surface area (Å²) in [4.78, 5) is 0. The Morgan fingerprint density at radius 3 is 3.00 bits per heavy atom. The molecule has 1 heterocycles. The molecule has 0 radical (unpaired) electrons. The van der Waals surface area contributed by atoms with Crippen LogP contribution in [0.1, 0.15) is 25.1 Å². The highest BCUT2D eigenvalue weighted by atomic mass is 19.1. The molecule has 1 atom stereocenters. The summed E-state index contributed by atoms with van der Waals surface area (Å²) in [7, 11) is 0. The van der Waals surface area contributed by atoms with Crippen LogP contribution in [0, 0.1) is 0 Å². The minimum Gasteiger partial charge on any atom is -0.387 e. The molecular formula is C7H12FN3O. The lowest BCUT2D eigenvalue weighted by Gasteiger charge is -1.96. The summed E-state index contributed by atoms with van der Waals surface area (Å²) in [6, 6.07) is 0. The molecule has 0 saturated carbocycles. The minimum atomic E-state index is -0.607. The van der Waals surface area contributed by atoms with Crippen LogP contribution in [-0.2, 0) is 6.54 Å². The molecule has 1 rings (SSSR count). The second-order valence-corrected chi connectivity index (χ2v) is 2.62. The van der Waals surface area contributed by atoms with E-state index in [1.807, 2.05) is 0 Å². The molecular weight excluding hydrogens is 161 g/mol. The number of aliphatic hydroxyl groups excluding tert-OH is 1. The van der Waals surface area contributed by atoms with E-state index in [-0.39, 0.29) is 6.67 Å². The Labute approximate surface area is 70.0 Å². The first-order valence-corrected chi connectivity index (χ1v) is 3.88. The van der Waals surface area contributed by atoms with E-state index in [0.717, 1.165) is 0 Å². The second-order valence-electron chi connectivity index (χ2n) is 2.62. The van der Waals surface area contributed by atoms with E-state index in [9.17, 15) is 4.39 Å². The zero-order valence-corrected chi connectivity index (χ0v) is 6.94. The van der Waals surface area contributed by atoms with Crippen molar-refractivity contribution < 1.29 is 9.50 Å². The van der Waals surface area contributed by atoms with E-state index >= 15 is 0 Å². The first-order valence-electron chi connectivity index (χ1n) is 3.88. The summed E-state index contributed by atoms with van der Waals surface area (Å²) in [5, 5.41) is 16.5. The summed E-state index contributed by atoms with van der Waals surface area (Å²) in [6.07, 6.45) is 1.45. The summed E-state index contributed by atoms with van der Waals surface area (Å²) >= 11 is 0. The van der Waals surface area contributed by atoms with Crippen molar-refractivity contribution in [1.29, 1.82) is 0 Å². The van der Waals surface area contributed by atoms with Crippen molar-refractivity contribution in [3.63, 3.8) is 0 Å². The van der Waals surface area contributed by atoms with Crippen LogP contribution in [0.15, 0.2) is 6.20 Å². The highest BCUT2D eigenvalue weighted by Crippen LogP contribution is 2.06. The maximum atomic E-state index is 11.7. The van der Waals surface area contributed by atoms with Crippen LogP contribution in [0.5, 0.6) is 0 Å². The number of aliphatic hydroxyl groups is 1. The normalized spacial score (nSPS) is 13.2. The standard InChI is InChI=1S/C7H12FN3O/c1-6(12)7-5-11(10-9-7)4-2-3-8/h5-6,12H,2-4H2,1H3. The van der Waals surface area contributed by atoms with E-state index < -0.39 is 6.10 Å². The van der Waals surface area contributed by atoms with Crippen LogP contribution >= 0.6 is 0 Å². The van der Waals surface area contributed by atoms with Gasteiger partial charge in [-0.15, -0.1) is 5.10 Å². The molecule has 1 N–H and O–H groups in total. The second kappa shape index (κ2) is 4.15. The lowest BCUT2D eigenvalue weighted by molar-refractivity contribution is 0.194. The summed E-state index contributed by atoms with van der Waals surface area (Å²) in [5.74, 6) is 0. The van der Waals surface area contributed by atoms with Crippen LogP contribution in [0.3, 0.4) is 0 Å². The Morgan fingerprint density at radius 1 is 1.75 bits per heavy atom. The van der Waals surface area contributed by atoms with E-state index in [4.69, 9.17) is 5.11 Å². The Hall–Kier alpha value is -0.970. The number of nitrogens with zero attached hydrogens (tertiary/aromatic N) is 3. The van der Waals surface area contributed by atoms with Gasteiger partial charge < -0.3 is 5.11 Å². The molecule has 0 bridgehead atoms. The van der Waals surface area contributed by atoms with Crippen molar-refractivity contribution in [1.82, 2.24) is 15.0 Å². The Balaban J connectivity index is 2.52. The molecule has 0 fully saturated rings. The van der Waals surface area contributed by atoms with Gasteiger partial charge in [-0.1, -0.05) is 5.21 Å². The molecule has 0 aliphatic heterocycles. The average molecular weight is 173 g/mol. The molecule has 0 spiro atoms. The van der Waals surface area contributed by atoms with Gasteiger partial charge >= 0.3 is 0 Å². The number of rotatable bonds is 4. The van der Waals surface area contributed by atoms with E-state index in [1.54, 1.807) is 13.1 Å². The minimum absolute atomic E-state index is 0.357. The smallest absolute Gasteiger partial charge is 0.111 e. The molecule has 0 saturated heterocycles. The number of alkyl halides is 1. The van der Waals surface area contributed by atoms with Crippen molar-refractivity contribution in [2.24, 2.45) is 0 Å². The molecule has 68 valence electrons. The van der Waals surface area contributed by atoms with Crippen molar-refractivity contribution in [2.45, 2.75) is 26.0 Å². The lowest BCUT2D eigenvalue weighted by Crippen LogP contribution is -1.99. The monoisotopic (exact) mass is 173 g/mol. The van der Waals surface area contributed by atoms with Gasteiger partial charge in [-0.25, -0.2) is 0 Å². The molecule has 0 aliphatic carbocycles. The molecule has 1 aromatic heterocycles. The molecule has 0 aliphatic rings. The van der Waals surface area contributed by atoms with Crippen molar-refractivity contribution in [2.75, 3.05) is 6.67 Å². The van der Waals surface area contributed by atoms with Gasteiger partial charge in [-0.2, -0.15) is 0 Å². The predicted molar refractivity (Wildman–Crippen MR) is 41.2 cm³/mol. The quantitative estimate of drug-likeness (QED) is 0.728. The fourth-order valence-electron chi connectivity index (χ4n) is 0.836. The van der Waals surface area contributed by atoms with E-state index in [2.05, 4.69) is 10.3 Å². The lowest BCUT2D eigenvalue weighted by atomic mass is 10.3. The SMILES string of the molecule is CC(O)c1cn(CCCF)nn1. The Morgan fingerprint density at radius 2 is 2.50 bits per heavy atom. The molecule has 4 nitrogen and oxygen atoms in total. The van der Waals surface area contributed by atoms with Crippen LogP contribution in [0.2, 0.25) is 0 Å². The van der Waals surface area contributed by atoms with Crippen LogP contribution in [0.4, 0.5) is 4.39 Å². The van der Waals surface area contributed by atoms with Crippen LogP contribution in [-0.4, -0.2) is 26.8 Å². The molecule has 0 amide bonds. The van der Waals surface area contributed by atoms with Gasteiger partial charge in [0, 0.05) is 6.54 Å². The van der Waals surface area contributed by atoms with E-state index in [0.29, 0.717) is 18.7 Å². The highest BCUT2D eigenvalue weighted by Gasteiger charge is 2.05. The van der Waals surface area contributed by atoms with Gasteiger partial charge in [-0.05, 0) is 13.3 Å². The zero-order valence-electron chi connectivity index (χ0n) is 6.94. The van der Waals surface area contributed by atoms with Crippen molar-refractivity contribution >= 4 is 0 Å². The van der Waals surface area contributed by atoms with Gasteiger partial charge in [0.15, 0.2) is 0 Å². The van der Waals surface area contributed by atoms with E-state index in [1.165, 1.54) is 4.68 Å². The van der Waals surface area contributed by atoms with Crippen LogP contribution in [0.25, 0.3) is 0 Å². The number of hydrogen-bond acceptors (Lipinski definition) is 3. The fourth-order valence-corrected chi connectivity index (χ4v) is 0.836. The molecule has 5 heteroatoms. The van der Waals surface area contributed by atoms with Gasteiger partial charge in [0.25, 0.3) is 0 Å². The Kier molecular flexibility index (Phi) is 3.16. The van der Waals surface area contributed by atoms with Crippen LogP contribution < -0.4 is 0 Å². The fraction of sp³-hybridized carbons (Fsp3) is 0.714. The summed E-state index contributed by atoms with van der Waals surface area (Å²) < 4.78 is 13.3. The van der Waals surface area contributed by atoms with Crippen molar-refractivity contribution in [3.8, 4) is 0 Å². The number of aromatic nitrogens is 3. The topological polar surface area (TPSA) is 50.9 Å². The van der Waals surface area contributed by atoms with Gasteiger partial charge in [0.2, 0.25) is 0 Å². The molecule has 12 heavy (non-hydrogen) atoms. The number of halogens is 1. The maximum absolute atomic E-state index is 11.7. The largest absolute Gasteiger partial charge is 0.387 e. The highest BCUT2D eigenvalue weighted by molar-refractivity contribution is 4.95. The maximum Gasteiger partial charge on any atom is 0.111 e. The van der Waals surface area contributed by atoms with Crippen molar-refractivity contribution in [3.05, 3.63) is 11.9 Å². The zero-order chi connectivity index (χ0) is 8.97. The predicted octanol–water partition coefficient (Wildman–Crippen LogP) is 0.691. The molecule has 0 aromatic carbocycles. The number of hydrogen-bond donors (Lipinski definition) is 1. The first kappa shape index (κ1) is 9.12.